The fourth-order valence-electron chi connectivity index (χ4n) is 4.80. The molecule has 0 amide bonds. The summed E-state index contributed by atoms with van der Waals surface area (Å²) >= 11 is 0. The highest BCUT2D eigenvalue weighted by atomic mass is 31.2. The van der Waals surface area contributed by atoms with Gasteiger partial charge in [0.05, 0.1) is 34.3 Å². The lowest BCUT2D eigenvalue weighted by Crippen LogP contribution is -2.49. The summed E-state index contributed by atoms with van der Waals surface area (Å²) < 4.78 is 42.7. The first kappa shape index (κ1) is 35.6. The van der Waals surface area contributed by atoms with E-state index in [1.165, 1.54) is 39.1 Å². The first-order valence-electron chi connectivity index (χ1n) is 14.2. The average Bonchev–Trinajstić information content (AvgIpc) is 3.52. The lowest BCUT2D eigenvalue weighted by Gasteiger charge is -2.32. The molecular formula is C26H44N7O10P. The summed E-state index contributed by atoms with van der Waals surface area (Å²) in [5, 5.41) is 28.0. The van der Waals surface area contributed by atoms with Crippen LogP contribution in [0.4, 0.5) is 5.95 Å². The molecule has 2 aromatic rings. The summed E-state index contributed by atoms with van der Waals surface area (Å²) in [5.41, 5.74) is 4.32. The topological polar surface area (TPSA) is 231 Å². The number of nitrogens with two attached hydrogens (primary N) is 1. The van der Waals surface area contributed by atoms with E-state index in [2.05, 4.69) is 25.1 Å². The molecule has 1 saturated heterocycles. The second kappa shape index (κ2) is 14.5. The number of aliphatic hydroxyl groups excluding tert-OH is 1. The van der Waals surface area contributed by atoms with Gasteiger partial charge < -0.3 is 39.4 Å². The molecule has 44 heavy (non-hydrogen) atoms. The molecule has 17 nitrogen and oxygen atoms in total. The number of ether oxygens (including phenoxy) is 4. The number of rotatable bonds is 15. The standard InChI is InChI=1S/C26H44N7O10P/c1-9-13(3)16(22(35)40-7)31-44(38,32-17(14(4)10-2)23(36)41-8)42-11-15-19(34)26(5,37)24(43-15)33-12-28-18-20(33)29-25(27)30-21(18)39-6/h12-17,19,24,34,37H,9-11H2,1-8H3,(H2,27,29,30)(H2,31,32,38)/t13?,14?,15-,16+,17+,19-,24-,26-,44?/m1/s1. The molecule has 8 atom stereocenters. The maximum Gasteiger partial charge on any atom is 0.342 e. The minimum atomic E-state index is -4.30. The first-order valence-corrected chi connectivity index (χ1v) is 15.9. The number of aromatic nitrogens is 4. The lowest BCUT2D eigenvalue weighted by molar-refractivity contribution is -0.144. The van der Waals surface area contributed by atoms with Gasteiger partial charge >= 0.3 is 19.6 Å². The van der Waals surface area contributed by atoms with E-state index in [-0.39, 0.29) is 34.8 Å². The zero-order valence-electron chi connectivity index (χ0n) is 26.2. The fourth-order valence-corrected chi connectivity index (χ4v) is 6.84. The highest BCUT2D eigenvalue weighted by Crippen LogP contribution is 2.45. The quantitative estimate of drug-likeness (QED) is 0.134. The minimum Gasteiger partial charge on any atom is -0.479 e. The smallest absolute Gasteiger partial charge is 0.342 e. The van der Waals surface area contributed by atoms with E-state index >= 15 is 0 Å². The van der Waals surface area contributed by atoms with Gasteiger partial charge in [-0.3, -0.25) is 18.7 Å². The second-order valence-corrected chi connectivity index (χ2v) is 12.9. The van der Waals surface area contributed by atoms with E-state index in [0.717, 1.165) is 0 Å². The molecule has 1 fully saturated rings. The third-order valence-electron chi connectivity index (χ3n) is 7.98. The van der Waals surface area contributed by atoms with Gasteiger partial charge in [-0.1, -0.05) is 40.5 Å². The Balaban J connectivity index is 1.95. The van der Waals surface area contributed by atoms with Crippen LogP contribution >= 0.6 is 7.67 Å². The van der Waals surface area contributed by atoms with Crippen LogP contribution in [0.5, 0.6) is 5.88 Å². The van der Waals surface area contributed by atoms with Gasteiger partial charge in [-0.25, -0.2) is 15.2 Å². The molecule has 248 valence electrons. The molecule has 0 radical (unpaired) electrons. The molecule has 0 bridgehead atoms. The summed E-state index contributed by atoms with van der Waals surface area (Å²) in [5.74, 6) is -2.08. The van der Waals surface area contributed by atoms with Gasteiger partial charge in [-0.2, -0.15) is 9.97 Å². The molecule has 0 aliphatic carbocycles. The maximum atomic E-state index is 14.4. The number of methoxy groups -OCH3 is 3. The van der Waals surface area contributed by atoms with Crippen LogP contribution in [-0.4, -0.2) is 99.5 Å². The number of esters is 2. The summed E-state index contributed by atoms with van der Waals surface area (Å²) in [6.07, 6.45) is -1.69. The number of anilines is 1. The molecule has 0 saturated carbocycles. The molecule has 3 rings (SSSR count). The number of imidazole rings is 1. The van der Waals surface area contributed by atoms with Crippen LogP contribution in [0.15, 0.2) is 6.33 Å². The van der Waals surface area contributed by atoms with Gasteiger partial charge in [-0.05, 0) is 18.8 Å². The third kappa shape index (κ3) is 7.30. The van der Waals surface area contributed by atoms with Gasteiger partial charge in [0.25, 0.3) is 0 Å². The van der Waals surface area contributed by atoms with E-state index < -0.39 is 62.3 Å². The Morgan fingerprint density at radius 1 is 1.11 bits per heavy atom. The second-order valence-electron chi connectivity index (χ2n) is 11.0. The van der Waals surface area contributed by atoms with Crippen molar-refractivity contribution in [3.8, 4) is 5.88 Å². The van der Waals surface area contributed by atoms with Crippen molar-refractivity contribution >= 4 is 36.7 Å². The minimum absolute atomic E-state index is 0.102. The van der Waals surface area contributed by atoms with Crippen LogP contribution in [0.3, 0.4) is 0 Å². The number of carbonyl (C=O) groups is 2. The van der Waals surface area contributed by atoms with Crippen molar-refractivity contribution in [3.05, 3.63) is 6.33 Å². The summed E-state index contributed by atoms with van der Waals surface area (Å²) in [7, 11) is -0.513. The highest BCUT2D eigenvalue weighted by molar-refractivity contribution is 7.54. The Morgan fingerprint density at radius 3 is 2.14 bits per heavy atom. The number of nitrogen functional groups attached to an aromatic ring is 1. The van der Waals surface area contributed by atoms with Crippen LogP contribution in [0.25, 0.3) is 11.2 Å². The van der Waals surface area contributed by atoms with E-state index in [0.29, 0.717) is 12.8 Å². The molecule has 1 aliphatic rings. The van der Waals surface area contributed by atoms with Crippen LogP contribution in [0, 0.1) is 11.8 Å². The number of carbonyl (C=O) groups excluding carboxylic acids is 2. The number of nitrogens with zero attached hydrogens (tertiary/aromatic N) is 4. The Morgan fingerprint density at radius 2 is 1.66 bits per heavy atom. The third-order valence-corrected chi connectivity index (χ3v) is 9.73. The van der Waals surface area contributed by atoms with E-state index in [1.807, 2.05) is 13.8 Å². The van der Waals surface area contributed by atoms with Gasteiger partial charge in [0.15, 0.2) is 17.4 Å². The van der Waals surface area contributed by atoms with Gasteiger partial charge in [0.1, 0.15) is 29.9 Å². The van der Waals surface area contributed by atoms with Gasteiger partial charge in [0, 0.05) is 0 Å². The van der Waals surface area contributed by atoms with Crippen molar-refractivity contribution in [1.82, 2.24) is 29.7 Å². The monoisotopic (exact) mass is 645 g/mol. The van der Waals surface area contributed by atoms with E-state index in [9.17, 15) is 24.4 Å². The SMILES string of the molecule is CCC(C)[C@H](NP(=O)(N[C@H](C(=O)OC)C(C)CC)OC[C@H]1O[C@@H](n2cnc3c(OC)nc(N)nc32)[C@](C)(O)[C@@H]1O)C(=O)OC. The largest absolute Gasteiger partial charge is 0.479 e. The molecule has 2 unspecified atom stereocenters. The van der Waals surface area contributed by atoms with Crippen LogP contribution < -0.4 is 20.6 Å². The zero-order valence-corrected chi connectivity index (χ0v) is 27.1. The molecule has 1 aliphatic heterocycles. The predicted molar refractivity (Wildman–Crippen MR) is 157 cm³/mol. The molecular weight excluding hydrogens is 601 g/mol. The number of fused-ring (bicyclic) bond motifs is 1. The van der Waals surface area contributed by atoms with E-state index in [1.54, 1.807) is 13.8 Å². The highest BCUT2D eigenvalue weighted by Gasteiger charge is 2.54. The van der Waals surface area contributed by atoms with Crippen molar-refractivity contribution in [2.75, 3.05) is 33.7 Å². The number of hydrogen-bond donors (Lipinski definition) is 5. The van der Waals surface area contributed by atoms with Gasteiger partial charge in [-0.15, -0.1) is 0 Å². The Kier molecular flexibility index (Phi) is 11.7. The molecule has 6 N–H and O–H groups in total. The molecule has 0 spiro atoms. The zero-order chi connectivity index (χ0) is 33.0. The van der Waals surface area contributed by atoms with Crippen LogP contribution in [-0.2, 0) is 32.9 Å². The van der Waals surface area contributed by atoms with Crippen molar-refractivity contribution in [2.24, 2.45) is 11.8 Å². The summed E-state index contributed by atoms with van der Waals surface area (Å²) in [6, 6.07) is -2.16. The number of aliphatic hydroxyl groups is 2. The van der Waals surface area contributed by atoms with Crippen molar-refractivity contribution in [1.29, 1.82) is 0 Å². The number of hydrogen-bond acceptors (Lipinski definition) is 14. The van der Waals surface area contributed by atoms with E-state index in [4.69, 9.17) is 29.2 Å². The summed E-state index contributed by atoms with van der Waals surface area (Å²) in [4.78, 5) is 37.8. The van der Waals surface area contributed by atoms with Crippen LogP contribution in [0.2, 0.25) is 0 Å². The first-order chi connectivity index (χ1) is 20.7. The van der Waals surface area contributed by atoms with Crippen LogP contribution in [0.1, 0.15) is 53.7 Å². The molecule has 2 aromatic heterocycles. The Hall–Kier alpha value is -2.92. The summed E-state index contributed by atoms with van der Waals surface area (Å²) in [6.45, 7) is 8.02. The Labute approximate surface area is 255 Å². The van der Waals surface area contributed by atoms with Gasteiger partial charge in [0.2, 0.25) is 11.8 Å². The molecule has 18 heteroatoms. The Bertz CT molecular complexity index is 1320. The molecule has 3 heterocycles. The number of nitrogens with one attached hydrogen (secondary N) is 2. The van der Waals surface area contributed by atoms with Crippen molar-refractivity contribution in [3.63, 3.8) is 0 Å². The normalized spacial score (nSPS) is 26.0. The molecule has 0 aromatic carbocycles. The van der Waals surface area contributed by atoms with Crippen molar-refractivity contribution < 1.29 is 47.8 Å². The lowest BCUT2D eigenvalue weighted by atomic mass is 9.96. The predicted octanol–water partition coefficient (Wildman–Crippen LogP) is 0.906. The maximum absolute atomic E-state index is 14.4. The average molecular weight is 646 g/mol. The fraction of sp³-hybridized carbons (Fsp3) is 0.731. The van der Waals surface area contributed by atoms with Crippen molar-refractivity contribution in [2.45, 2.75) is 83.6 Å².